The summed E-state index contributed by atoms with van der Waals surface area (Å²) in [7, 11) is 0. The molecule has 0 saturated heterocycles. The Hall–Kier alpha value is -2.95. The number of nitrogens with zero attached hydrogens (tertiary/aromatic N) is 2. The van der Waals surface area contributed by atoms with E-state index in [4.69, 9.17) is 0 Å². The zero-order valence-corrected chi connectivity index (χ0v) is 16.6. The normalized spacial score (nSPS) is 16.8. The third-order valence-corrected chi connectivity index (χ3v) is 5.63. The van der Waals surface area contributed by atoms with Gasteiger partial charge in [-0.3, -0.25) is 4.79 Å². The molecule has 3 aromatic rings. The van der Waals surface area contributed by atoms with Crippen LogP contribution in [0.25, 0.3) is 0 Å². The number of benzene rings is 2. The molecule has 2 atom stereocenters. The molecule has 2 unspecified atom stereocenters. The lowest BCUT2D eigenvalue weighted by Gasteiger charge is -2.24. The Bertz CT molecular complexity index is 983. The average Bonchev–Trinajstić information content (AvgIpc) is 3.17. The molecule has 150 valence electrons. The van der Waals surface area contributed by atoms with Gasteiger partial charge in [0, 0.05) is 31.1 Å². The van der Waals surface area contributed by atoms with Crippen LogP contribution in [0.2, 0.25) is 0 Å². The standard InChI is InChI=1S/C24H26FN3O/c1-17(10-11-18-6-3-2-4-7-18)26-24(29)22-16-28-15-20(12-13-23(28)27-22)19-8-5-9-21(25)14-19/h2-9,14,16-17,20H,10-13,15H2,1H3,(H,26,29). The Labute approximate surface area is 170 Å². The number of fused-ring (bicyclic) bond motifs is 1. The van der Waals surface area contributed by atoms with Gasteiger partial charge in [-0.25, -0.2) is 9.37 Å². The topological polar surface area (TPSA) is 46.9 Å². The highest BCUT2D eigenvalue weighted by atomic mass is 19.1. The zero-order valence-electron chi connectivity index (χ0n) is 16.6. The van der Waals surface area contributed by atoms with E-state index in [1.165, 1.54) is 11.6 Å². The molecule has 1 N–H and O–H groups in total. The van der Waals surface area contributed by atoms with E-state index in [0.29, 0.717) is 5.69 Å². The summed E-state index contributed by atoms with van der Waals surface area (Å²) in [5.74, 6) is 0.839. The van der Waals surface area contributed by atoms with Gasteiger partial charge < -0.3 is 9.88 Å². The maximum absolute atomic E-state index is 13.5. The third-order valence-electron chi connectivity index (χ3n) is 5.63. The molecule has 0 radical (unpaired) electrons. The van der Waals surface area contributed by atoms with Gasteiger partial charge in [0.05, 0.1) is 0 Å². The molecule has 2 aromatic carbocycles. The highest BCUT2D eigenvalue weighted by molar-refractivity contribution is 5.92. The van der Waals surface area contributed by atoms with E-state index >= 15 is 0 Å². The number of aryl methyl sites for hydroxylation is 2. The summed E-state index contributed by atoms with van der Waals surface area (Å²) < 4.78 is 15.6. The predicted molar refractivity (Wildman–Crippen MR) is 111 cm³/mol. The van der Waals surface area contributed by atoms with Gasteiger partial charge in [-0.05, 0) is 49.4 Å². The van der Waals surface area contributed by atoms with Crippen molar-refractivity contribution in [2.45, 2.75) is 51.1 Å². The quantitative estimate of drug-likeness (QED) is 0.672. The Kier molecular flexibility index (Phi) is 5.74. The Morgan fingerprint density at radius 3 is 2.86 bits per heavy atom. The number of carbonyl (C=O) groups excluding carboxylic acids is 1. The Morgan fingerprint density at radius 2 is 2.07 bits per heavy atom. The maximum Gasteiger partial charge on any atom is 0.271 e. The number of halogens is 1. The van der Waals surface area contributed by atoms with E-state index < -0.39 is 0 Å². The van der Waals surface area contributed by atoms with Crippen molar-refractivity contribution in [3.63, 3.8) is 0 Å². The van der Waals surface area contributed by atoms with Crippen LogP contribution in [-0.4, -0.2) is 21.5 Å². The molecule has 0 spiro atoms. The van der Waals surface area contributed by atoms with Gasteiger partial charge >= 0.3 is 0 Å². The number of hydrogen-bond donors (Lipinski definition) is 1. The second-order valence-electron chi connectivity index (χ2n) is 7.88. The van der Waals surface area contributed by atoms with Crippen LogP contribution < -0.4 is 5.32 Å². The van der Waals surface area contributed by atoms with Gasteiger partial charge in [0.2, 0.25) is 0 Å². The van der Waals surface area contributed by atoms with Crippen molar-refractivity contribution < 1.29 is 9.18 Å². The van der Waals surface area contributed by atoms with Crippen molar-refractivity contribution in [2.24, 2.45) is 0 Å². The SMILES string of the molecule is CC(CCc1ccccc1)NC(=O)c1cn2c(n1)CCC(c1cccc(F)c1)C2. The highest BCUT2D eigenvalue weighted by Crippen LogP contribution is 2.29. The van der Waals surface area contributed by atoms with Crippen molar-refractivity contribution >= 4 is 5.91 Å². The molecule has 29 heavy (non-hydrogen) atoms. The molecule has 0 aliphatic carbocycles. The van der Waals surface area contributed by atoms with Crippen molar-refractivity contribution in [2.75, 3.05) is 0 Å². The lowest BCUT2D eigenvalue weighted by molar-refractivity contribution is 0.0933. The van der Waals surface area contributed by atoms with E-state index in [1.54, 1.807) is 12.1 Å². The minimum atomic E-state index is -0.205. The second kappa shape index (κ2) is 8.60. The van der Waals surface area contributed by atoms with Gasteiger partial charge in [0.15, 0.2) is 0 Å². The molecule has 1 aliphatic heterocycles. The van der Waals surface area contributed by atoms with E-state index in [9.17, 15) is 9.18 Å². The van der Waals surface area contributed by atoms with E-state index in [-0.39, 0.29) is 23.7 Å². The first kappa shape index (κ1) is 19.4. The van der Waals surface area contributed by atoms with E-state index in [1.807, 2.05) is 42.0 Å². The Balaban J connectivity index is 1.36. The summed E-state index contributed by atoms with van der Waals surface area (Å²) in [5.41, 5.74) is 2.74. The number of nitrogens with one attached hydrogen (secondary N) is 1. The fraction of sp³-hybridized carbons (Fsp3) is 0.333. The van der Waals surface area contributed by atoms with Gasteiger partial charge in [0.25, 0.3) is 5.91 Å². The Morgan fingerprint density at radius 1 is 1.24 bits per heavy atom. The van der Waals surface area contributed by atoms with Crippen LogP contribution in [-0.2, 0) is 19.4 Å². The van der Waals surface area contributed by atoms with Crippen molar-refractivity contribution in [3.8, 4) is 0 Å². The zero-order chi connectivity index (χ0) is 20.2. The smallest absolute Gasteiger partial charge is 0.271 e. The molecular formula is C24H26FN3O. The van der Waals surface area contributed by atoms with Crippen molar-refractivity contribution in [1.82, 2.24) is 14.9 Å². The molecule has 4 nitrogen and oxygen atoms in total. The average molecular weight is 391 g/mol. The fourth-order valence-electron chi connectivity index (χ4n) is 3.98. The molecule has 0 fully saturated rings. The summed E-state index contributed by atoms with van der Waals surface area (Å²) in [6.07, 6.45) is 5.34. The van der Waals surface area contributed by atoms with Crippen molar-refractivity contribution in [1.29, 1.82) is 0 Å². The van der Waals surface area contributed by atoms with Crippen LogP contribution in [0.4, 0.5) is 4.39 Å². The maximum atomic E-state index is 13.5. The highest BCUT2D eigenvalue weighted by Gasteiger charge is 2.24. The molecule has 1 amide bonds. The van der Waals surface area contributed by atoms with E-state index in [2.05, 4.69) is 22.4 Å². The largest absolute Gasteiger partial charge is 0.348 e. The number of hydrogen-bond acceptors (Lipinski definition) is 2. The summed E-state index contributed by atoms with van der Waals surface area (Å²) in [5, 5.41) is 3.06. The summed E-state index contributed by atoms with van der Waals surface area (Å²) in [6.45, 7) is 2.75. The van der Waals surface area contributed by atoms with Gasteiger partial charge in [-0.15, -0.1) is 0 Å². The first-order valence-electron chi connectivity index (χ1n) is 10.2. The lowest BCUT2D eigenvalue weighted by atomic mass is 9.91. The number of rotatable bonds is 6. The minimum Gasteiger partial charge on any atom is -0.348 e. The molecule has 0 saturated carbocycles. The molecule has 0 bridgehead atoms. The first-order valence-corrected chi connectivity index (χ1v) is 10.2. The number of aromatic nitrogens is 2. The van der Waals surface area contributed by atoms with Crippen LogP contribution in [0, 0.1) is 5.82 Å². The van der Waals surface area contributed by atoms with Crippen LogP contribution in [0.5, 0.6) is 0 Å². The minimum absolute atomic E-state index is 0.0708. The summed E-state index contributed by atoms with van der Waals surface area (Å²) >= 11 is 0. The van der Waals surface area contributed by atoms with Crippen LogP contribution in [0.3, 0.4) is 0 Å². The second-order valence-corrected chi connectivity index (χ2v) is 7.88. The molecule has 4 rings (SSSR count). The molecular weight excluding hydrogens is 365 g/mol. The number of imidazole rings is 1. The van der Waals surface area contributed by atoms with Crippen LogP contribution in [0.15, 0.2) is 60.8 Å². The third kappa shape index (κ3) is 4.73. The molecule has 5 heteroatoms. The van der Waals surface area contributed by atoms with Crippen molar-refractivity contribution in [3.05, 3.63) is 89.3 Å². The summed E-state index contributed by atoms with van der Waals surface area (Å²) in [6, 6.07) is 17.2. The summed E-state index contributed by atoms with van der Waals surface area (Å²) in [4.78, 5) is 17.2. The number of amides is 1. The molecule has 2 heterocycles. The number of carbonyl (C=O) groups is 1. The lowest BCUT2D eigenvalue weighted by Crippen LogP contribution is -2.33. The van der Waals surface area contributed by atoms with E-state index in [0.717, 1.165) is 43.6 Å². The van der Waals surface area contributed by atoms with Gasteiger partial charge in [0.1, 0.15) is 17.3 Å². The predicted octanol–water partition coefficient (Wildman–Crippen LogP) is 4.50. The van der Waals surface area contributed by atoms with Gasteiger partial charge in [-0.2, -0.15) is 0 Å². The first-order chi connectivity index (χ1) is 14.1. The molecule has 1 aromatic heterocycles. The monoisotopic (exact) mass is 391 g/mol. The van der Waals surface area contributed by atoms with Gasteiger partial charge in [-0.1, -0.05) is 42.5 Å². The van der Waals surface area contributed by atoms with Crippen LogP contribution >= 0.6 is 0 Å². The fourth-order valence-corrected chi connectivity index (χ4v) is 3.98. The van der Waals surface area contributed by atoms with Crippen LogP contribution in [0.1, 0.15) is 53.1 Å². The molecule has 1 aliphatic rings.